The molecule has 0 radical (unpaired) electrons. The molecule has 0 unspecified atom stereocenters. The topological polar surface area (TPSA) is 475 Å². The standard InChI is InChI=1S/C33H47N12O14/c34-13-27(52)40-18(10-24(37)49)30(55)44-19(11-25(38)50)31(56)42-16(5-7-22(35)47)28(53)41-17(6-8-23(36)48)29(54)43-20(12-26(39)51)32(57)45-21(33(58)59)9-14-1-3-15(46)4-2-14/h1-4,9,16-21,46H,5-8,10-13,34H2,(H2,35,47)(H2,36,48)(H2,37,49)(H2,38,50)(H2,39,51)(H,40,52)(H,41,53)(H,42,56)(H,43,54)(H,44,55)(H,45,57)(H,58,59)/q-1/p+1/t16-,17-,18-,19-,20-,21-/m0/s1. The van der Waals surface area contributed by atoms with Crippen molar-refractivity contribution in [2.24, 2.45) is 28.7 Å². The average molecular weight is 837 g/mol. The molecule has 0 aromatic heterocycles. The van der Waals surface area contributed by atoms with E-state index in [9.17, 15) is 67.7 Å². The zero-order chi connectivity index (χ0) is 45.0. The maximum absolute atomic E-state index is 13.6. The minimum Gasteiger partial charge on any atom is -0.510 e. The fourth-order valence-electron chi connectivity index (χ4n) is 4.90. The first-order valence-electron chi connectivity index (χ1n) is 17.4. The van der Waals surface area contributed by atoms with Gasteiger partial charge < -0.3 is 76.5 Å². The third-order valence-electron chi connectivity index (χ3n) is 7.80. The van der Waals surface area contributed by atoms with Crippen LogP contribution in [0.5, 0.6) is 5.75 Å². The van der Waals surface area contributed by atoms with Crippen LogP contribution in [0.4, 0.5) is 0 Å². The molecule has 1 rings (SSSR count). The molecule has 0 aliphatic heterocycles. The number of carbonyl (C=O) groups is 12. The zero-order valence-corrected chi connectivity index (χ0v) is 31.4. The lowest BCUT2D eigenvalue weighted by Gasteiger charge is -2.27. The van der Waals surface area contributed by atoms with E-state index in [1.54, 1.807) is 0 Å². The largest absolute Gasteiger partial charge is 0.510 e. The maximum atomic E-state index is 13.6. The molecule has 26 nitrogen and oxygen atoms in total. The molecule has 0 saturated heterocycles. The Morgan fingerprint density at radius 2 is 0.864 bits per heavy atom. The summed E-state index contributed by atoms with van der Waals surface area (Å²) in [6.07, 6.45) is -3.77. The Hall–Kier alpha value is -7.51. The summed E-state index contributed by atoms with van der Waals surface area (Å²) in [5.74, 6) is -14.0. The molecule has 0 aliphatic rings. The highest BCUT2D eigenvalue weighted by molar-refractivity contribution is 5.99. The molecule has 6 atom stereocenters. The van der Waals surface area contributed by atoms with E-state index in [1.165, 1.54) is 24.3 Å². The van der Waals surface area contributed by atoms with Gasteiger partial charge in [-0.25, -0.2) is 0 Å². The molecule has 0 spiro atoms. The van der Waals surface area contributed by atoms with Crippen LogP contribution in [-0.4, -0.2) is 124 Å². The van der Waals surface area contributed by atoms with Crippen molar-refractivity contribution in [3.63, 3.8) is 0 Å². The van der Waals surface area contributed by atoms with Crippen molar-refractivity contribution in [3.05, 3.63) is 36.2 Å². The van der Waals surface area contributed by atoms with Crippen LogP contribution < -0.4 is 66.3 Å². The molecule has 0 fully saturated rings. The number of hydrogen-bond acceptors (Lipinski definition) is 13. The van der Waals surface area contributed by atoms with Gasteiger partial charge in [-0.2, -0.15) is 24.1 Å². The Bertz CT molecular complexity index is 1770. The van der Waals surface area contributed by atoms with Gasteiger partial charge in [-0.05, 0) is 12.8 Å². The summed E-state index contributed by atoms with van der Waals surface area (Å²) in [5, 5.41) is 32.1. The van der Waals surface area contributed by atoms with Gasteiger partial charge in [-0.1, -0.05) is 12.1 Å². The molecule has 1 aromatic carbocycles. The fourth-order valence-corrected chi connectivity index (χ4v) is 4.90. The van der Waals surface area contributed by atoms with Gasteiger partial charge in [0.2, 0.25) is 59.1 Å². The molecule has 1 aromatic rings. The third-order valence-corrected chi connectivity index (χ3v) is 7.80. The van der Waals surface area contributed by atoms with E-state index >= 15 is 0 Å². The van der Waals surface area contributed by atoms with E-state index < -0.39 is 152 Å². The van der Waals surface area contributed by atoms with Crippen molar-refractivity contribution in [3.8, 4) is 5.75 Å². The molecular formula is C33H48N12O14. The van der Waals surface area contributed by atoms with Gasteiger partial charge in [0.1, 0.15) is 36.3 Å². The SMILES string of the molecule is NC(=O)CC[C@H](NC(=O)[C@H](CCC(N)=O)NC(=O)[C@H](CC(N)=O)NC(=O)[C@H](CC(N)=O)NC(=O)C[NH3+])C(=O)N[C@@H](CC(N)=O)C(=O)N[C@@H]([CH-]c1ccc(O)cc1)C(=O)O. The van der Waals surface area contributed by atoms with Crippen LogP contribution in [0.1, 0.15) is 50.5 Å². The number of carbonyl (C=O) groups excluding carboxylic acids is 11. The highest BCUT2D eigenvalue weighted by Gasteiger charge is 2.34. The van der Waals surface area contributed by atoms with E-state index in [2.05, 4.69) is 37.6 Å². The van der Waals surface area contributed by atoms with Crippen LogP contribution in [0.15, 0.2) is 24.3 Å². The number of carboxylic acid groups (broad SMARTS) is 1. The molecule has 0 saturated carbocycles. The lowest BCUT2D eigenvalue weighted by molar-refractivity contribution is -0.355. The monoisotopic (exact) mass is 836 g/mol. The first-order valence-corrected chi connectivity index (χ1v) is 17.4. The Labute approximate surface area is 334 Å². The highest BCUT2D eigenvalue weighted by atomic mass is 16.4. The van der Waals surface area contributed by atoms with Gasteiger partial charge >= 0.3 is 5.97 Å². The molecule has 26 heteroatoms. The lowest BCUT2D eigenvalue weighted by atomic mass is 10.0. The van der Waals surface area contributed by atoms with E-state index in [0.29, 0.717) is 0 Å². The quantitative estimate of drug-likeness (QED) is 0.0366. The minimum atomic E-state index is -1.88. The van der Waals surface area contributed by atoms with Crippen LogP contribution in [0.3, 0.4) is 0 Å². The molecule has 11 amide bonds. The van der Waals surface area contributed by atoms with Gasteiger partial charge in [-0.3, -0.25) is 57.5 Å². The first-order chi connectivity index (χ1) is 27.5. The number of amides is 11. The Morgan fingerprint density at radius 3 is 1.20 bits per heavy atom. The summed E-state index contributed by atoms with van der Waals surface area (Å²) in [7, 11) is 0. The van der Waals surface area contributed by atoms with E-state index in [0.717, 1.165) is 6.42 Å². The van der Waals surface area contributed by atoms with E-state index in [4.69, 9.17) is 28.7 Å². The van der Waals surface area contributed by atoms with Crippen LogP contribution >= 0.6 is 0 Å². The van der Waals surface area contributed by atoms with Crippen molar-refractivity contribution in [2.45, 2.75) is 81.2 Å². The lowest BCUT2D eigenvalue weighted by Crippen LogP contribution is -2.62. The molecule has 0 aliphatic carbocycles. The number of carboxylic acids is 1. The van der Waals surface area contributed by atoms with E-state index in [-0.39, 0.29) is 17.9 Å². The predicted molar refractivity (Wildman–Crippen MR) is 197 cm³/mol. The third kappa shape index (κ3) is 19.3. The summed E-state index contributed by atoms with van der Waals surface area (Å²) >= 11 is 0. The number of aliphatic carboxylic acids is 1. The van der Waals surface area contributed by atoms with Crippen molar-refractivity contribution in [1.82, 2.24) is 31.9 Å². The number of quaternary nitrogens is 1. The molecule has 324 valence electrons. The van der Waals surface area contributed by atoms with Crippen molar-refractivity contribution < 1.29 is 73.5 Å². The number of nitrogens with two attached hydrogens (primary N) is 5. The number of nitrogens with one attached hydrogen (secondary N) is 6. The Balaban J connectivity index is 3.40. The second kappa shape index (κ2) is 24.2. The van der Waals surface area contributed by atoms with Gasteiger partial charge in [0.05, 0.1) is 25.0 Å². The smallest absolute Gasteiger partial charge is 0.318 e. The fraction of sp³-hybridized carbons (Fsp3) is 0.424. The van der Waals surface area contributed by atoms with Crippen molar-refractivity contribution in [1.29, 1.82) is 0 Å². The van der Waals surface area contributed by atoms with Gasteiger partial charge in [0.25, 0.3) is 5.91 Å². The number of primary amides is 5. The number of aromatic hydroxyl groups is 1. The van der Waals surface area contributed by atoms with Crippen LogP contribution in [-0.2, 0) is 57.5 Å². The summed E-state index contributed by atoms with van der Waals surface area (Å²) in [6.45, 7) is -0.367. The summed E-state index contributed by atoms with van der Waals surface area (Å²) in [6, 6.07) is -5.59. The number of rotatable bonds is 27. The van der Waals surface area contributed by atoms with Gasteiger partial charge in [0.15, 0.2) is 6.54 Å². The normalized spacial score (nSPS) is 13.6. The second-order valence-electron chi connectivity index (χ2n) is 12.7. The molecule has 0 bridgehead atoms. The summed E-state index contributed by atoms with van der Waals surface area (Å²) in [4.78, 5) is 149. The average Bonchev–Trinajstić information content (AvgIpc) is 3.13. The van der Waals surface area contributed by atoms with Crippen molar-refractivity contribution in [2.75, 3.05) is 6.54 Å². The highest BCUT2D eigenvalue weighted by Crippen LogP contribution is 2.13. The number of phenolic OH excluding ortho intramolecular Hbond substituents is 1. The van der Waals surface area contributed by atoms with Crippen molar-refractivity contribution >= 4 is 70.9 Å². The van der Waals surface area contributed by atoms with Gasteiger partial charge in [0, 0.05) is 12.8 Å². The zero-order valence-electron chi connectivity index (χ0n) is 31.4. The second-order valence-corrected chi connectivity index (χ2v) is 12.7. The number of benzene rings is 1. The van der Waals surface area contributed by atoms with E-state index in [1.807, 2.05) is 0 Å². The molecule has 0 heterocycles. The number of hydrogen-bond donors (Lipinski definition) is 14. The molecule has 59 heavy (non-hydrogen) atoms. The van der Waals surface area contributed by atoms with Crippen LogP contribution in [0.2, 0.25) is 0 Å². The predicted octanol–water partition coefficient (Wildman–Crippen LogP) is -8.66. The Kier molecular flexibility index (Phi) is 20.3. The number of phenols is 1. The minimum absolute atomic E-state index is 0.136. The summed E-state index contributed by atoms with van der Waals surface area (Å²) < 4.78 is 0. The Morgan fingerprint density at radius 1 is 0.525 bits per heavy atom. The summed E-state index contributed by atoms with van der Waals surface area (Å²) in [5.41, 5.74) is 29.7. The first kappa shape index (κ1) is 49.5. The van der Waals surface area contributed by atoms with Crippen LogP contribution in [0, 0.1) is 6.42 Å². The maximum Gasteiger partial charge on any atom is 0.318 e. The molecular weight excluding hydrogens is 788 g/mol. The van der Waals surface area contributed by atoms with Gasteiger partial charge in [-0.15, -0.1) is 0 Å². The van der Waals surface area contributed by atoms with Crippen LogP contribution in [0.25, 0.3) is 0 Å². The molecule has 21 N–H and O–H groups in total.